The van der Waals surface area contributed by atoms with Crippen molar-refractivity contribution in [2.24, 2.45) is 0 Å². The minimum atomic E-state index is -0.687. The molecule has 0 bridgehead atoms. The van der Waals surface area contributed by atoms with Gasteiger partial charge in [-0.25, -0.2) is 4.79 Å². The van der Waals surface area contributed by atoms with Crippen molar-refractivity contribution in [3.05, 3.63) is 53.3 Å². The Morgan fingerprint density at radius 2 is 1.45 bits per heavy atom. The molecule has 1 N–H and O–H groups in total. The molecule has 1 aromatic heterocycles. The van der Waals surface area contributed by atoms with Crippen LogP contribution >= 0.6 is 58.0 Å². The SMILES string of the molecule is COC(=O)c1ccc(-c2c(Cl)c(Cl)c(Cl)c(Cl)c2Cl)c(=O)[nH]1. The number of rotatable bonds is 2. The first-order chi connectivity index (χ1) is 10.3. The number of benzene rings is 1. The van der Waals surface area contributed by atoms with E-state index in [2.05, 4.69) is 9.72 Å². The van der Waals surface area contributed by atoms with Crippen LogP contribution < -0.4 is 5.56 Å². The smallest absolute Gasteiger partial charge is 0.354 e. The Hall–Kier alpha value is -0.910. The second kappa shape index (κ2) is 6.69. The number of methoxy groups -OCH3 is 1. The number of hydrogen-bond acceptors (Lipinski definition) is 3. The van der Waals surface area contributed by atoms with Gasteiger partial charge in [0.15, 0.2) is 0 Å². The van der Waals surface area contributed by atoms with E-state index in [0.29, 0.717) is 0 Å². The second-order valence-electron chi connectivity index (χ2n) is 4.05. The maximum Gasteiger partial charge on any atom is 0.354 e. The molecular weight excluding hydrogens is 395 g/mol. The number of carbonyl (C=O) groups is 1. The lowest BCUT2D eigenvalue weighted by molar-refractivity contribution is 0.0594. The molecule has 0 unspecified atom stereocenters. The first-order valence-electron chi connectivity index (χ1n) is 5.63. The van der Waals surface area contributed by atoms with Gasteiger partial charge >= 0.3 is 5.97 Å². The zero-order valence-electron chi connectivity index (χ0n) is 10.8. The second-order valence-corrected chi connectivity index (χ2v) is 5.94. The molecule has 0 saturated carbocycles. The van der Waals surface area contributed by atoms with Crippen LogP contribution in [-0.4, -0.2) is 18.1 Å². The molecule has 1 heterocycles. The standard InChI is InChI=1S/C13H6Cl5NO3/c1-22-13(21)5-3-2-4(12(20)19-5)6-7(14)9(16)11(18)10(17)8(6)15/h2-3H,1H3,(H,19,20). The average molecular weight is 401 g/mol. The summed E-state index contributed by atoms with van der Waals surface area (Å²) in [5.41, 5.74) is -0.417. The molecule has 0 radical (unpaired) electrons. The number of aromatic amines is 1. The summed E-state index contributed by atoms with van der Waals surface area (Å²) in [6.07, 6.45) is 0. The lowest BCUT2D eigenvalue weighted by Crippen LogP contribution is -2.15. The number of nitrogens with one attached hydrogen (secondary N) is 1. The third kappa shape index (κ3) is 2.94. The number of hydrogen-bond donors (Lipinski definition) is 1. The van der Waals surface area contributed by atoms with Crippen molar-refractivity contribution in [2.75, 3.05) is 7.11 Å². The monoisotopic (exact) mass is 399 g/mol. The minimum absolute atomic E-state index is 0.00954. The Morgan fingerprint density at radius 3 is 1.91 bits per heavy atom. The highest BCUT2D eigenvalue weighted by atomic mass is 35.5. The Balaban J connectivity index is 2.74. The molecule has 0 aliphatic carbocycles. The van der Waals surface area contributed by atoms with Gasteiger partial charge in [0.25, 0.3) is 5.56 Å². The largest absolute Gasteiger partial charge is 0.464 e. The van der Waals surface area contributed by atoms with Gasteiger partial charge in [-0.15, -0.1) is 0 Å². The highest BCUT2D eigenvalue weighted by Crippen LogP contribution is 2.47. The fraction of sp³-hybridized carbons (Fsp3) is 0.0769. The highest BCUT2D eigenvalue weighted by Gasteiger charge is 2.22. The zero-order valence-corrected chi connectivity index (χ0v) is 14.5. The van der Waals surface area contributed by atoms with Gasteiger partial charge in [-0.05, 0) is 12.1 Å². The van der Waals surface area contributed by atoms with Crippen LogP contribution in [0.15, 0.2) is 16.9 Å². The summed E-state index contributed by atoms with van der Waals surface area (Å²) in [7, 11) is 1.20. The number of carbonyl (C=O) groups excluding carboxylic acids is 1. The Morgan fingerprint density at radius 1 is 0.955 bits per heavy atom. The molecule has 0 aliphatic heterocycles. The molecule has 0 fully saturated rings. The molecule has 2 aromatic rings. The van der Waals surface area contributed by atoms with E-state index in [1.807, 2.05) is 0 Å². The van der Waals surface area contributed by atoms with Gasteiger partial charge in [-0.3, -0.25) is 4.79 Å². The van der Waals surface area contributed by atoms with Gasteiger partial charge in [0.2, 0.25) is 0 Å². The fourth-order valence-corrected chi connectivity index (χ4v) is 3.08. The first kappa shape index (κ1) is 17.4. The molecule has 1 aromatic carbocycles. The van der Waals surface area contributed by atoms with Gasteiger partial charge in [0.05, 0.1) is 37.8 Å². The first-order valence-corrected chi connectivity index (χ1v) is 7.52. The molecule has 0 atom stereocenters. The molecule has 0 amide bonds. The highest BCUT2D eigenvalue weighted by molar-refractivity contribution is 6.56. The van der Waals surface area contributed by atoms with Crippen molar-refractivity contribution in [3.63, 3.8) is 0 Å². The molecule has 22 heavy (non-hydrogen) atoms. The van der Waals surface area contributed by atoms with Crippen molar-refractivity contribution in [3.8, 4) is 11.1 Å². The average Bonchev–Trinajstić information content (AvgIpc) is 2.51. The zero-order chi connectivity index (χ0) is 16.6. The molecule has 4 nitrogen and oxygen atoms in total. The fourth-order valence-electron chi connectivity index (χ4n) is 1.74. The van der Waals surface area contributed by atoms with Gasteiger partial charge in [-0.2, -0.15) is 0 Å². The van der Waals surface area contributed by atoms with E-state index >= 15 is 0 Å². The number of esters is 1. The van der Waals surface area contributed by atoms with E-state index in [4.69, 9.17) is 58.0 Å². The summed E-state index contributed by atoms with van der Waals surface area (Å²) in [6.45, 7) is 0. The summed E-state index contributed by atoms with van der Waals surface area (Å²) in [6, 6.07) is 2.71. The summed E-state index contributed by atoms with van der Waals surface area (Å²) >= 11 is 30.1. The molecule has 0 aliphatic rings. The maximum absolute atomic E-state index is 12.2. The summed E-state index contributed by atoms with van der Waals surface area (Å²) in [5.74, 6) is -0.687. The van der Waals surface area contributed by atoms with Crippen LogP contribution in [0.3, 0.4) is 0 Å². The van der Waals surface area contributed by atoms with E-state index in [1.165, 1.54) is 19.2 Å². The van der Waals surface area contributed by atoms with E-state index in [-0.39, 0.29) is 41.9 Å². The lowest BCUT2D eigenvalue weighted by Gasteiger charge is -2.12. The Labute approximate surface area is 149 Å². The van der Waals surface area contributed by atoms with E-state index in [1.54, 1.807) is 0 Å². The van der Waals surface area contributed by atoms with Crippen molar-refractivity contribution in [2.45, 2.75) is 0 Å². The van der Waals surface area contributed by atoms with E-state index in [9.17, 15) is 9.59 Å². The van der Waals surface area contributed by atoms with Crippen molar-refractivity contribution in [1.29, 1.82) is 0 Å². The Kier molecular flexibility index (Phi) is 5.30. The molecule has 0 spiro atoms. The van der Waals surface area contributed by atoms with Crippen LogP contribution in [0, 0.1) is 0 Å². The predicted octanol–water partition coefficient (Wildman–Crippen LogP) is 5.10. The van der Waals surface area contributed by atoms with E-state index in [0.717, 1.165) is 0 Å². The number of halogens is 5. The minimum Gasteiger partial charge on any atom is -0.464 e. The van der Waals surface area contributed by atoms with Crippen molar-refractivity contribution < 1.29 is 9.53 Å². The number of aromatic nitrogens is 1. The molecule has 9 heteroatoms. The lowest BCUT2D eigenvalue weighted by atomic mass is 10.1. The van der Waals surface area contributed by atoms with Gasteiger partial charge in [-0.1, -0.05) is 58.0 Å². The van der Waals surface area contributed by atoms with Gasteiger partial charge in [0, 0.05) is 5.56 Å². The number of pyridine rings is 1. The Bertz CT molecular complexity index is 802. The third-order valence-corrected chi connectivity index (χ3v) is 5.07. The molecule has 0 saturated heterocycles. The molecule has 116 valence electrons. The van der Waals surface area contributed by atoms with E-state index < -0.39 is 11.5 Å². The van der Waals surface area contributed by atoms with Crippen molar-refractivity contribution >= 4 is 64.0 Å². The number of H-pyrrole nitrogens is 1. The van der Waals surface area contributed by atoms with Crippen LogP contribution in [0.1, 0.15) is 10.5 Å². The molecular formula is C13H6Cl5NO3. The van der Waals surface area contributed by atoms with Crippen LogP contribution in [0.25, 0.3) is 11.1 Å². The van der Waals surface area contributed by atoms with Crippen molar-refractivity contribution in [1.82, 2.24) is 4.98 Å². The van der Waals surface area contributed by atoms with Gasteiger partial charge in [0.1, 0.15) is 5.69 Å². The normalized spacial score (nSPS) is 10.6. The van der Waals surface area contributed by atoms with Crippen LogP contribution in [0.4, 0.5) is 0 Å². The summed E-state index contributed by atoms with van der Waals surface area (Å²) < 4.78 is 4.52. The summed E-state index contributed by atoms with van der Waals surface area (Å²) in [4.78, 5) is 25.9. The summed E-state index contributed by atoms with van der Waals surface area (Å²) in [5, 5.41) is -0.0900. The van der Waals surface area contributed by atoms with Crippen LogP contribution in [0.5, 0.6) is 0 Å². The molecule has 2 rings (SSSR count). The maximum atomic E-state index is 12.2. The number of ether oxygens (including phenoxy) is 1. The quantitative estimate of drug-likeness (QED) is 0.433. The predicted molar refractivity (Wildman–Crippen MR) is 88.9 cm³/mol. The van der Waals surface area contributed by atoms with Crippen LogP contribution in [-0.2, 0) is 4.74 Å². The topological polar surface area (TPSA) is 59.2 Å². The third-order valence-electron chi connectivity index (χ3n) is 2.79. The van der Waals surface area contributed by atoms with Crippen LogP contribution in [0.2, 0.25) is 25.1 Å². The van der Waals surface area contributed by atoms with Gasteiger partial charge < -0.3 is 9.72 Å².